The van der Waals surface area contributed by atoms with E-state index in [0.29, 0.717) is 6.54 Å². The van der Waals surface area contributed by atoms with Crippen LogP contribution in [0.1, 0.15) is 50.2 Å². The number of ether oxygens (including phenoxy) is 2. The summed E-state index contributed by atoms with van der Waals surface area (Å²) in [6.45, 7) is 10.6. The molecule has 4 rings (SSSR count). The summed E-state index contributed by atoms with van der Waals surface area (Å²) in [4.78, 5) is 9.85. The topological polar surface area (TPSA) is 49.3 Å². The molecule has 2 unspecified atom stereocenters. The highest BCUT2D eigenvalue weighted by Crippen LogP contribution is 2.21. The zero-order chi connectivity index (χ0) is 20.6. The fourth-order valence-corrected chi connectivity index (χ4v) is 4.71. The number of benzene rings is 1. The predicted octanol–water partition coefficient (Wildman–Crippen LogP) is 3.64. The second-order valence-corrected chi connectivity index (χ2v) is 8.73. The highest BCUT2D eigenvalue weighted by atomic mass is 127. The van der Waals surface area contributed by atoms with Gasteiger partial charge in [-0.1, -0.05) is 30.7 Å². The van der Waals surface area contributed by atoms with Crippen LogP contribution in [0.3, 0.4) is 0 Å². The van der Waals surface area contributed by atoms with E-state index in [1.807, 2.05) is 0 Å². The van der Waals surface area contributed by atoms with E-state index in [2.05, 4.69) is 46.3 Å². The molecular formula is C24H39IN4O2. The molecule has 3 aliphatic rings. The molecule has 6 nitrogen and oxygen atoms in total. The number of piperidine rings is 1. The average Bonchev–Trinajstić information content (AvgIpc) is 3.34. The molecule has 0 bridgehead atoms. The number of hydrogen-bond donors (Lipinski definition) is 1. The third-order valence-corrected chi connectivity index (χ3v) is 6.40. The third-order valence-electron chi connectivity index (χ3n) is 6.40. The van der Waals surface area contributed by atoms with Crippen molar-refractivity contribution >= 4 is 29.9 Å². The molecule has 1 N–H and O–H groups in total. The number of nitrogens with one attached hydrogen (secondary N) is 1. The first-order valence-electron chi connectivity index (χ1n) is 11.9. The molecule has 0 aliphatic carbocycles. The Balaban J connectivity index is 0.00000272. The molecular weight excluding hydrogens is 503 g/mol. The number of rotatable bonds is 6. The van der Waals surface area contributed by atoms with Crippen LogP contribution in [0.5, 0.6) is 0 Å². The third kappa shape index (κ3) is 7.30. The van der Waals surface area contributed by atoms with E-state index in [-0.39, 0.29) is 36.2 Å². The van der Waals surface area contributed by atoms with Gasteiger partial charge in [-0.2, -0.15) is 0 Å². The standard InChI is InChI=1S/C24H38N4O2.HI/c1-2-25-24(28-14-16-30-23(19-28)22-7-6-15-29-22)26-17-20-8-10-21(11-9-20)18-27-12-4-3-5-13-27;/h8-11,22-23H,2-7,12-19H2,1H3,(H,25,26);1H. The fraction of sp³-hybridized carbons (Fsp3) is 0.708. The lowest BCUT2D eigenvalue weighted by molar-refractivity contribution is -0.0817. The normalized spacial score (nSPS) is 25.3. The number of halogens is 1. The van der Waals surface area contributed by atoms with Crippen LogP contribution in [-0.2, 0) is 22.6 Å². The van der Waals surface area contributed by atoms with Gasteiger partial charge in [0.05, 0.1) is 19.3 Å². The first-order valence-corrected chi connectivity index (χ1v) is 11.9. The Hall–Kier alpha value is -0.900. The van der Waals surface area contributed by atoms with Crippen LogP contribution in [-0.4, -0.2) is 73.9 Å². The van der Waals surface area contributed by atoms with Gasteiger partial charge in [-0.05, 0) is 56.8 Å². The summed E-state index contributed by atoms with van der Waals surface area (Å²) in [6.07, 6.45) is 6.72. The summed E-state index contributed by atoms with van der Waals surface area (Å²) in [5, 5.41) is 3.47. The molecule has 7 heteroatoms. The summed E-state index contributed by atoms with van der Waals surface area (Å²) in [6, 6.07) is 9.02. The van der Waals surface area contributed by atoms with E-state index < -0.39 is 0 Å². The number of guanidine groups is 1. The van der Waals surface area contributed by atoms with Crippen molar-refractivity contribution in [3.63, 3.8) is 0 Å². The van der Waals surface area contributed by atoms with E-state index >= 15 is 0 Å². The highest BCUT2D eigenvalue weighted by molar-refractivity contribution is 14.0. The maximum absolute atomic E-state index is 6.01. The van der Waals surface area contributed by atoms with Crippen molar-refractivity contribution in [2.45, 2.75) is 64.3 Å². The number of hydrogen-bond acceptors (Lipinski definition) is 4. The second-order valence-electron chi connectivity index (χ2n) is 8.73. The molecule has 0 radical (unpaired) electrons. The highest BCUT2D eigenvalue weighted by Gasteiger charge is 2.32. The SMILES string of the molecule is CCNC(=NCc1ccc(CN2CCCCC2)cc1)N1CCOC(C2CCCO2)C1.I. The van der Waals surface area contributed by atoms with E-state index in [9.17, 15) is 0 Å². The molecule has 3 fully saturated rings. The molecule has 0 aromatic heterocycles. The van der Waals surface area contributed by atoms with Gasteiger partial charge in [0.15, 0.2) is 5.96 Å². The number of nitrogens with zero attached hydrogens (tertiary/aromatic N) is 3. The molecule has 0 amide bonds. The van der Waals surface area contributed by atoms with Gasteiger partial charge >= 0.3 is 0 Å². The smallest absolute Gasteiger partial charge is 0.194 e. The minimum absolute atomic E-state index is 0. The lowest BCUT2D eigenvalue weighted by Gasteiger charge is -2.37. The van der Waals surface area contributed by atoms with Crippen molar-refractivity contribution in [1.29, 1.82) is 0 Å². The van der Waals surface area contributed by atoms with Gasteiger partial charge in [-0.15, -0.1) is 24.0 Å². The largest absolute Gasteiger partial charge is 0.375 e. The Morgan fingerprint density at radius 1 is 0.968 bits per heavy atom. The second kappa shape index (κ2) is 13.0. The van der Waals surface area contributed by atoms with Crippen molar-refractivity contribution in [2.24, 2.45) is 4.99 Å². The van der Waals surface area contributed by atoms with Crippen LogP contribution in [0.15, 0.2) is 29.3 Å². The van der Waals surface area contributed by atoms with Gasteiger partial charge in [-0.3, -0.25) is 4.90 Å². The lowest BCUT2D eigenvalue weighted by Crippen LogP contribution is -2.53. The van der Waals surface area contributed by atoms with Gasteiger partial charge in [0, 0.05) is 32.8 Å². The van der Waals surface area contributed by atoms with Crippen molar-refractivity contribution in [2.75, 3.05) is 45.9 Å². The first kappa shape index (κ1) is 24.7. The van der Waals surface area contributed by atoms with Gasteiger partial charge in [-0.25, -0.2) is 4.99 Å². The quantitative estimate of drug-likeness (QED) is 0.338. The summed E-state index contributed by atoms with van der Waals surface area (Å²) < 4.78 is 11.9. The molecule has 0 saturated carbocycles. The molecule has 2 atom stereocenters. The van der Waals surface area contributed by atoms with Gasteiger partial charge in [0.2, 0.25) is 0 Å². The zero-order valence-electron chi connectivity index (χ0n) is 18.9. The molecule has 1 aromatic carbocycles. The monoisotopic (exact) mass is 542 g/mol. The van der Waals surface area contributed by atoms with Crippen LogP contribution < -0.4 is 5.32 Å². The van der Waals surface area contributed by atoms with Crippen LogP contribution in [0.4, 0.5) is 0 Å². The van der Waals surface area contributed by atoms with Crippen LogP contribution >= 0.6 is 24.0 Å². The first-order chi connectivity index (χ1) is 14.8. The fourth-order valence-electron chi connectivity index (χ4n) is 4.71. The Morgan fingerprint density at radius 3 is 2.42 bits per heavy atom. The lowest BCUT2D eigenvalue weighted by atomic mass is 10.1. The molecule has 174 valence electrons. The summed E-state index contributed by atoms with van der Waals surface area (Å²) in [5.41, 5.74) is 2.67. The van der Waals surface area contributed by atoms with E-state index in [1.165, 1.54) is 43.5 Å². The van der Waals surface area contributed by atoms with Crippen LogP contribution in [0, 0.1) is 0 Å². The van der Waals surface area contributed by atoms with Crippen molar-refractivity contribution in [1.82, 2.24) is 15.1 Å². The van der Waals surface area contributed by atoms with Crippen molar-refractivity contribution < 1.29 is 9.47 Å². The maximum atomic E-state index is 6.01. The maximum Gasteiger partial charge on any atom is 0.194 e. The summed E-state index contributed by atoms with van der Waals surface area (Å²) in [7, 11) is 0. The minimum Gasteiger partial charge on any atom is -0.375 e. The van der Waals surface area contributed by atoms with Gasteiger partial charge in [0.1, 0.15) is 6.10 Å². The van der Waals surface area contributed by atoms with Gasteiger partial charge in [0.25, 0.3) is 0 Å². The van der Waals surface area contributed by atoms with E-state index in [4.69, 9.17) is 14.5 Å². The Morgan fingerprint density at radius 2 is 1.71 bits per heavy atom. The van der Waals surface area contributed by atoms with E-state index in [0.717, 1.165) is 58.2 Å². The summed E-state index contributed by atoms with van der Waals surface area (Å²) in [5.74, 6) is 0.987. The average molecular weight is 543 g/mol. The molecule has 3 heterocycles. The number of morpholine rings is 1. The van der Waals surface area contributed by atoms with Crippen LogP contribution in [0.25, 0.3) is 0 Å². The number of likely N-dealkylation sites (tertiary alicyclic amines) is 1. The van der Waals surface area contributed by atoms with Crippen molar-refractivity contribution in [3.8, 4) is 0 Å². The Bertz CT molecular complexity index is 673. The minimum atomic E-state index is 0. The molecule has 3 aliphatic heterocycles. The zero-order valence-corrected chi connectivity index (χ0v) is 21.3. The number of aliphatic imine (C=N–C) groups is 1. The summed E-state index contributed by atoms with van der Waals surface area (Å²) >= 11 is 0. The molecule has 3 saturated heterocycles. The van der Waals surface area contributed by atoms with E-state index in [1.54, 1.807) is 0 Å². The van der Waals surface area contributed by atoms with Crippen molar-refractivity contribution in [3.05, 3.63) is 35.4 Å². The molecule has 1 aromatic rings. The van der Waals surface area contributed by atoms with Gasteiger partial charge < -0.3 is 19.7 Å². The Labute approximate surface area is 204 Å². The van der Waals surface area contributed by atoms with Crippen LogP contribution in [0.2, 0.25) is 0 Å². The predicted molar refractivity (Wildman–Crippen MR) is 136 cm³/mol. The molecule has 0 spiro atoms. The molecule has 31 heavy (non-hydrogen) atoms. The Kier molecular flexibility index (Phi) is 10.3.